The lowest BCUT2D eigenvalue weighted by Gasteiger charge is -2.42. The van der Waals surface area contributed by atoms with E-state index in [1.54, 1.807) is 0 Å². The van der Waals surface area contributed by atoms with E-state index in [0.717, 1.165) is 70.6 Å². The monoisotopic (exact) mass is 1090 g/mol. The number of ether oxygens (including phenoxy) is 6. The maximum atomic E-state index is 13.1. The topological polar surface area (TPSA) is 214 Å². The molecule has 7 N–H and O–H groups in total. The molecule has 2 aliphatic rings. The molecule has 11 unspecified atom stereocenters. The Hall–Kier alpha value is -2.31. The van der Waals surface area contributed by atoms with Crippen LogP contribution in [0.2, 0.25) is 0 Å². The third kappa shape index (κ3) is 35.9. The molecule has 0 bridgehead atoms. The summed E-state index contributed by atoms with van der Waals surface area (Å²) in [5.74, 6) is -0.382. The first kappa shape index (κ1) is 70.8. The van der Waals surface area contributed by atoms with Gasteiger partial charge in [-0.25, -0.2) is 0 Å². The Morgan fingerprint density at radius 1 is 0.429 bits per heavy atom. The molecule has 14 nitrogen and oxygen atoms in total. The number of aliphatic hydroxyl groups excluding tert-OH is 7. The van der Waals surface area contributed by atoms with Crippen LogP contribution in [0, 0.1) is 0 Å². The molecule has 14 heteroatoms. The summed E-state index contributed by atoms with van der Waals surface area (Å²) in [7, 11) is 0. The highest BCUT2D eigenvalue weighted by Gasteiger charge is 2.47. The molecule has 0 aliphatic carbocycles. The van der Waals surface area contributed by atoms with Crippen molar-refractivity contribution < 1.29 is 69.0 Å². The van der Waals surface area contributed by atoms with E-state index in [1.165, 1.54) is 135 Å². The molecule has 2 heterocycles. The first-order valence-electron chi connectivity index (χ1n) is 30.9. The first-order chi connectivity index (χ1) is 37.6. The van der Waals surface area contributed by atoms with Gasteiger partial charge in [0.05, 0.1) is 26.4 Å². The number of carbonyl (C=O) groups is 1. The Kier molecular flexibility index (Phi) is 45.5. The van der Waals surface area contributed by atoms with Crippen molar-refractivity contribution in [3.05, 3.63) is 60.8 Å². The van der Waals surface area contributed by atoms with Crippen molar-refractivity contribution in [2.45, 2.75) is 300 Å². The highest BCUT2D eigenvalue weighted by molar-refractivity contribution is 5.69. The van der Waals surface area contributed by atoms with Gasteiger partial charge in [-0.1, -0.05) is 203 Å². The third-order valence-corrected chi connectivity index (χ3v) is 14.5. The number of aliphatic hydroxyl groups is 7. The lowest BCUT2D eigenvalue weighted by atomic mass is 9.98. The SMILES string of the molecule is CCCCC/C=C\C/C=C\CCCCCCCCCCCC(=O)OC(COCCCCCCCCCCC/C=C\C/C=C\C/C=C\CCCCCCC)COC1OC(COC2OC(CO)C(O)C(O)C2O)C(O)C(O)C1O. The second kappa shape index (κ2) is 49.5. The molecule has 2 aliphatic heterocycles. The number of allylic oxidation sites excluding steroid dienone is 10. The number of esters is 1. The predicted molar refractivity (Wildman–Crippen MR) is 307 cm³/mol. The molecule has 0 saturated carbocycles. The minimum absolute atomic E-state index is 0.0546. The summed E-state index contributed by atoms with van der Waals surface area (Å²) >= 11 is 0. The smallest absolute Gasteiger partial charge is 0.306 e. The van der Waals surface area contributed by atoms with Crippen LogP contribution in [0.4, 0.5) is 0 Å². The van der Waals surface area contributed by atoms with Gasteiger partial charge in [0.1, 0.15) is 54.9 Å². The molecular weight excluding hydrogens is 981 g/mol. The van der Waals surface area contributed by atoms with Crippen molar-refractivity contribution >= 4 is 5.97 Å². The van der Waals surface area contributed by atoms with E-state index >= 15 is 0 Å². The highest BCUT2D eigenvalue weighted by atomic mass is 16.7. The molecular formula is C63H112O14. The molecule has 11 atom stereocenters. The minimum atomic E-state index is -1.71. The number of hydrogen-bond acceptors (Lipinski definition) is 14. The van der Waals surface area contributed by atoms with Gasteiger partial charge in [-0.3, -0.25) is 4.79 Å². The molecule has 0 spiro atoms. The fourth-order valence-electron chi connectivity index (χ4n) is 9.50. The molecule has 2 fully saturated rings. The van der Waals surface area contributed by atoms with Crippen molar-refractivity contribution in [2.24, 2.45) is 0 Å². The Balaban J connectivity index is 1.70. The van der Waals surface area contributed by atoms with Crippen LogP contribution in [-0.2, 0) is 33.2 Å². The van der Waals surface area contributed by atoms with Crippen molar-refractivity contribution in [3.8, 4) is 0 Å². The zero-order chi connectivity index (χ0) is 55.8. The number of rotatable bonds is 50. The van der Waals surface area contributed by atoms with Crippen LogP contribution in [0.5, 0.6) is 0 Å². The molecule has 2 rings (SSSR count). The van der Waals surface area contributed by atoms with Crippen LogP contribution in [0.1, 0.15) is 232 Å². The maximum Gasteiger partial charge on any atom is 0.306 e. The zero-order valence-electron chi connectivity index (χ0n) is 48.2. The molecule has 77 heavy (non-hydrogen) atoms. The van der Waals surface area contributed by atoms with E-state index in [2.05, 4.69) is 74.6 Å². The van der Waals surface area contributed by atoms with Crippen LogP contribution in [-0.4, -0.2) is 142 Å². The molecule has 0 amide bonds. The van der Waals surface area contributed by atoms with Gasteiger partial charge in [0.25, 0.3) is 0 Å². The molecule has 0 aromatic heterocycles. The largest absolute Gasteiger partial charge is 0.457 e. The Labute approximate surface area is 466 Å². The van der Waals surface area contributed by atoms with Gasteiger partial charge in [-0.05, 0) is 83.5 Å². The van der Waals surface area contributed by atoms with E-state index in [1.807, 2.05) is 0 Å². The predicted octanol–water partition coefficient (Wildman–Crippen LogP) is 11.6. The molecule has 0 radical (unpaired) electrons. The Morgan fingerprint density at radius 3 is 1.29 bits per heavy atom. The highest BCUT2D eigenvalue weighted by Crippen LogP contribution is 2.27. The Morgan fingerprint density at radius 2 is 0.805 bits per heavy atom. The van der Waals surface area contributed by atoms with Gasteiger partial charge in [-0.15, -0.1) is 0 Å². The van der Waals surface area contributed by atoms with Crippen molar-refractivity contribution in [3.63, 3.8) is 0 Å². The minimum Gasteiger partial charge on any atom is -0.457 e. The first-order valence-corrected chi connectivity index (χ1v) is 30.9. The standard InChI is InChI=1S/C63H112O14/c1-3-5-7-9-11-13-15-17-19-21-23-24-25-26-27-29-31-33-35-37-39-41-43-45-47-72-49-52(75-55(65)46-44-42-40-38-36-34-32-30-28-22-20-18-16-14-12-10-8-6-4-2)50-73-62-61(71)59(69)57(67)54(77-62)51-74-63-60(70)58(68)56(66)53(48-64)76-63/h12,14-15,17-18,20-21,23,25-26,52-54,56-64,66-71H,3-11,13,16,19,22,24,27-51H2,1-2H3/b14-12-,17-15-,20-18-,23-21-,26-25-. The van der Waals surface area contributed by atoms with E-state index in [9.17, 15) is 40.5 Å². The van der Waals surface area contributed by atoms with Crippen LogP contribution in [0.3, 0.4) is 0 Å². The fourth-order valence-corrected chi connectivity index (χ4v) is 9.50. The maximum absolute atomic E-state index is 13.1. The Bertz CT molecular complexity index is 1500. The second-order valence-electron chi connectivity index (χ2n) is 21.5. The average molecular weight is 1090 g/mol. The van der Waals surface area contributed by atoms with Gasteiger partial charge < -0.3 is 64.2 Å². The summed E-state index contributed by atoms with van der Waals surface area (Å²) in [6.07, 6.45) is 45.6. The second-order valence-corrected chi connectivity index (χ2v) is 21.5. The zero-order valence-corrected chi connectivity index (χ0v) is 48.2. The van der Waals surface area contributed by atoms with Crippen LogP contribution in [0.15, 0.2) is 60.8 Å². The number of carbonyl (C=O) groups excluding carboxylic acids is 1. The van der Waals surface area contributed by atoms with E-state index in [-0.39, 0.29) is 25.6 Å². The van der Waals surface area contributed by atoms with E-state index in [0.29, 0.717) is 13.0 Å². The summed E-state index contributed by atoms with van der Waals surface area (Å²) in [6, 6.07) is 0. The molecule has 0 aromatic rings. The van der Waals surface area contributed by atoms with Gasteiger partial charge in [0, 0.05) is 13.0 Å². The van der Waals surface area contributed by atoms with Crippen molar-refractivity contribution in [1.29, 1.82) is 0 Å². The summed E-state index contributed by atoms with van der Waals surface area (Å²) in [5, 5.41) is 72.4. The summed E-state index contributed by atoms with van der Waals surface area (Å²) in [6.45, 7) is 3.65. The molecule has 0 aromatic carbocycles. The van der Waals surface area contributed by atoms with Gasteiger partial charge in [0.15, 0.2) is 12.6 Å². The lowest BCUT2D eigenvalue weighted by Crippen LogP contribution is -2.61. The molecule has 448 valence electrons. The number of unbranched alkanes of at least 4 members (excludes halogenated alkanes) is 26. The van der Waals surface area contributed by atoms with Gasteiger partial charge >= 0.3 is 5.97 Å². The lowest BCUT2D eigenvalue weighted by molar-refractivity contribution is -0.332. The fraction of sp³-hybridized carbons (Fsp3) is 0.825. The van der Waals surface area contributed by atoms with Gasteiger partial charge in [-0.2, -0.15) is 0 Å². The van der Waals surface area contributed by atoms with E-state index in [4.69, 9.17) is 28.4 Å². The third-order valence-electron chi connectivity index (χ3n) is 14.5. The summed E-state index contributed by atoms with van der Waals surface area (Å²) in [4.78, 5) is 13.1. The normalized spacial score (nSPS) is 24.7. The van der Waals surface area contributed by atoms with Gasteiger partial charge in [0.2, 0.25) is 0 Å². The molecule has 2 saturated heterocycles. The summed E-state index contributed by atoms with van der Waals surface area (Å²) in [5.41, 5.74) is 0. The van der Waals surface area contributed by atoms with Crippen molar-refractivity contribution in [2.75, 3.05) is 33.0 Å². The van der Waals surface area contributed by atoms with Crippen LogP contribution < -0.4 is 0 Å². The van der Waals surface area contributed by atoms with Crippen LogP contribution >= 0.6 is 0 Å². The number of hydrogen-bond donors (Lipinski definition) is 7. The van der Waals surface area contributed by atoms with Crippen LogP contribution in [0.25, 0.3) is 0 Å². The quantitative estimate of drug-likeness (QED) is 0.0172. The van der Waals surface area contributed by atoms with E-state index < -0.39 is 80.7 Å². The van der Waals surface area contributed by atoms with Crippen molar-refractivity contribution in [1.82, 2.24) is 0 Å². The average Bonchev–Trinajstić information content (AvgIpc) is 3.43. The summed E-state index contributed by atoms with van der Waals surface area (Å²) < 4.78 is 34.4.